The van der Waals surface area contributed by atoms with Crippen LogP contribution in [-0.4, -0.2) is 47.8 Å². The molecule has 1 fully saturated rings. The largest absolute Gasteiger partial charge is 0.482 e. The number of halogens is 1. The summed E-state index contributed by atoms with van der Waals surface area (Å²) in [5, 5.41) is 7.51. The lowest BCUT2D eigenvalue weighted by Crippen LogP contribution is -2.44. The second-order valence-corrected chi connectivity index (χ2v) is 6.00. The minimum absolute atomic E-state index is 0. The first-order valence-corrected chi connectivity index (χ1v) is 7.89. The number of fused-ring (bicyclic) bond motifs is 1. The minimum atomic E-state index is -0.395. The fraction of sp³-hybridized carbons (Fsp3) is 0.500. The molecule has 3 unspecified atom stereocenters. The summed E-state index contributed by atoms with van der Waals surface area (Å²) in [5.41, 5.74) is 0. The second kappa shape index (κ2) is 6.96. The van der Waals surface area contributed by atoms with Crippen molar-refractivity contribution in [3.8, 4) is 11.5 Å². The molecule has 0 aliphatic carbocycles. The number of likely N-dealkylation sites (N-methyl/N-ethyl adjacent to an activating group) is 1. The maximum absolute atomic E-state index is 6.01. The molecule has 3 heterocycles. The summed E-state index contributed by atoms with van der Waals surface area (Å²) < 4.78 is 17.4. The highest BCUT2D eigenvalue weighted by atomic mass is 35.5. The van der Waals surface area contributed by atoms with Crippen LogP contribution in [0.4, 0.5) is 0 Å². The Morgan fingerprint density at radius 1 is 1.21 bits per heavy atom. The highest BCUT2D eigenvalue weighted by Crippen LogP contribution is 2.38. The van der Waals surface area contributed by atoms with E-state index in [0.717, 1.165) is 25.4 Å². The predicted octanol–water partition coefficient (Wildman–Crippen LogP) is 1.97. The van der Waals surface area contributed by atoms with Crippen LogP contribution in [0.3, 0.4) is 0 Å². The molecule has 2 aliphatic rings. The third-order valence-electron chi connectivity index (χ3n) is 4.35. The first-order valence-electron chi connectivity index (χ1n) is 7.89. The van der Waals surface area contributed by atoms with Crippen molar-refractivity contribution in [1.29, 1.82) is 0 Å². The zero-order valence-corrected chi connectivity index (χ0v) is 14.5. The number of benzene rings is 1. The molecule has 1 aromatic heterocycles. The number of hydrogen-bond donors (Lipinski definition) is 1. The smallest absolute Gasteiger partial charge is 0.271 e. The Balaban J connectivity index is 0.00000169. The molecule has 0 amide bonds. The maximum atomic E-state index is 6.01. The molecule has 0 spiro atoms. The van der Waals surface area contributed by atoms with Crippen molar-refractivity contribution in [2.24, 2.45) is 0 Å². The summed E-state index contributed by atoms with van der Waals surface area (Å²) in [4.78, 5) is 6.79. The van der Waals surface area contributed by atoms with Gasteiger partial charge in [0.25, 0.3) is 5.89 Å². The van der Waals surface area contributed by atoms with Gasteiger partial charge in [-0.1, -0.05) is 17.3 Å². The van der Waals surface area contributed by atoms with Gasteiger partial charge >= 0.3 is 0 Å². The van der Waals surface area contributed by atoms with Crippen LogP contribution in [0.2, 0.25) is 0 Å². The molecule has 8 heteroatoms. The Labute approximate surface area is 146 Å². The molecule has 2 aromatic rings. The number of nitrogens with one attached hydrogen (secondary N) is 1. The van der Waals surface area contributed by atoms with Crippen LogP contribution in [0.5, 0.6) is 11.5 Å². The van der Waals surface area contributed by atoms with Gasteiger partial charge in [-0.2, -0.15) is 4.98 Å². The molecule has 1 N–H and O–H groups in total. The summed E-state index contributed by atoms with van der Waals surface area (Å²) in [6.45, 7) is 4.70. The van der Waals surface area contributed by atoms with Crippen molar-refractivity contribution in [1.82, 2.24) is 20.4 Å². The van der Waals surface area contributed by atoms with Crippen molar-refractivity contribution < 1.29 is 14.0 Å². The summed E-state index contributed by atoms with van der Waals surface area (Å²) in [6, 6.07) is 7.73. The van der Waals surface area contributed by atoms with E-state index in [-0.39, 0.29) is 24.6 Å². The van der Waals surface area contributed by atoms with Crippen molar-refractivity contribution in [2.75, 3.05) is 26.7 Å². The molecular formula is C16H21ClN4O3. The molecule has 3 atom stereocenters. The second-order valence-electron chi connectivity index (χ2n) is 6.00. The molecule has 24 heavy (non-hydrogen) atoms. The van der Waals surface area contributed by atoms with Gasteiger partial charge in [0, 0.05) is 19.6 Å². The van der Waals surface area contributed by atoms with Crippen molar-refractivity contribution >= 4 is 12.4 Å². The van der Waals surface area contributed by atoms with Crippen LogP contribution < -0.4 is 14.8 Å². The number of piperazine rings is 1. The fourth-order valence-electron chi connectivity index (χ4n) is 2.98. The molecule has 0 bridgehead atoms. The van der Waals surface area contributed by atoms with Gasteiger partial charge in [-0.15, -0.1) is 12.4 Å². The standard InChI is InChI=1S/C16H20N4O3.ClH/c1-10-14(22-13-6-4-3-5-12(13)21-10)16-18-15(19-23-16)11-9-17-7-8-20(11)2;/h3-6,10-11,14,17H,7-9H2,1-2H3;1H. The predicted molar refractivity (Wildman–Crippen MR) is 89.7 cm³/mol. The van der Waals surface area contributed by atoms with E-state index < -0.39 is 6.10 Å². The molecular weight excluding hydrogens is 332 g/mol. The molecule has 1 saturated heterocycles. The Morgan fingerprint density at radius 2 is 1.96 bits per heavy atom. The first-order chi connectivity index (χ1) is 11.2. The van der Waals surface area contributed by atoms with Crippen molar-refractivity contribution in [3.63, 3.8) is 0 Å². The third-order valence-corrected chi connectivity index (χ3v) is 4.35. The SMILES string of the molecule is CC1Oc2ccccc2OC1c1nc(C2CNCCN2C)no1.Cl. The first kappa shape index (κ1) is 17.0. The van der Waals surface area contributed by atoms with Gasteiger partial charge in [0.05, 0.1) is 6.04 Å². The number of para-hydroxylation sites is 2. The number of hydrogen-bond acceptors (Lipinski definition) is 7. The van der Waals surface area contributed by atoms with Crippen LogP contribution in [0.15, 0.2) is 28.8 Å². The van der Waals surface area contributed by atoms with Crippen LogP contribution in [0.1, 0.15) is 30.8 Å². The van der Waals surface area contributed by atoms with Gasteiger partial charge in [0.15, 0.2) is 17.3 Å². The third kappa shape index (κ3) is 3.07. The quantitative estimate of drug-likeness (QED) is 0.885. The van der Waals surface area contributed by atoms with Gasteiger partial charge in [-0.3, -0.25) is 4.90 Å². The van der Waals surface area contributed by atoms with Gasteiger partial charge in [0.2, 0.25) is 6.10 Å². The summed E-state index contributed by atoms with van der Waals surface area (Å²) in [5.74, 6) is 2.59. The van der Waals surface area contributed by atoms with E-state index in [1.807, 2.05) is 31.2 Å². The van der Waals surface area contributed by atoms with E-state index >= 15 is 0 Å². The van der Waals surface area contributed by atoms with E-state index in [0.29, 0.717) is 17.5 Å². The molecule has 7 nitrogen and oxygen atoms in total. The van der Waals surface area contributed by atoms with Gasteiger partial charge < -0.3 is 19.3 Å². The topological polar surface area (TPSA) is 72.7 Å². The highest BCUT2D eigenvalue weighted by molar-refractivity contribution is 5.85. The zero-order valence-electron chi connectivity index (χ0n) is 13.6. The van der Waals surface area contributed by atoms with E-state index in [4.69, 9.17) is 14.0 Å². The average Bonchev–Trinajstić information content (AvgIpc) is 3.04. The Kier molecular flexibility index (Phi) is 4.93. The number of rotatable bonds is 2. The average molecular weight is 353 g/mol. The number of ether oxygens (including phenoxy) is 2. The van der Waals surface area contributed by atoms with Crippen molar-refractivity contribution in [2.45, 2.75) is 25.2 Å². The maximum Gasteiger partial charge on any atom is 0.271 e. The monoisotopic (exact) mass is 352 g/mol. The molecule has 4 rings (SSSR count). The lowest BCUT2D eigenvalue weighted by atomic mass is 10.1. The number of aromatic nitrogens is 2. The minimum Gasteiger partial charge on any atom is -0.482 e. The van der Waals surface area contributed by atoms with Crippen LogP contribution >= 0.6 is 12.4 Å². The van der Waals surface area contributed by atoms with Gasteiger partial charge in [0.1, 0.15) is 6.10 Å². The van der Waals surface area contributed by atoms with E-state index in [1.54, 1.807) is 0 Å². The van der Waals surface area contributed by atoms with Crippen LogP contribution in [-0.2, 0) is 0 Å². The van der Waals surface area contributed by atoms with Crippen LogP contribution in [0, 0.1) is 0 Å². The van der Waals surface area contributed by atoms with E-state index in [1.165, 1.54) is 0 Å². The Morgan fingerprint density at radius 3 is 2.71 bits per heavy atom. The van der Waals surface area contributed by atoms with E-state index in [2.05, 4.69) is 27.4 Å². The summed E-state index contributed by atoms with van der Waals surface area (Å²) in [6.07, 6.45) is -0.589. The fourth-order valence-corrected chi connectivity index (χ4v) is 2.98. The zero-order chi connectivity index (χ0) is 15.8. The van der Waals surface area contributed by atoms with Crippen molar-refractivity contribution in [3.05, 3.63) is 36.0 Å². The van der Waals surface area contributed by atoms with Gasteiger partial charge in [-0.05, 0) is 26.1 Å². The Hall–Kier alpha value is -1.83. The molecule has 130 valence electrons. The summed E-state index contributed by atoms with van der Waals surface area (Å²) in [7, 11) is 2.07. The normalized spacial score (nSPS) is 26.7. The Bertz CT molecular complexity index is 695. The molecule has 0 saturated carbocycles. The highest BCUT2D eigenvalue weighted by Gasteiger charge is 2.35. The lowest BCUT2D eigenvalue weighted by molar-refractivity contribution is 0.0116. The summed E-state index contributed by atoms with van der Waals surface area (Å²) >= 11 is 0. The van der Waals surface area contributed by atoms with Crippen LogP contribution in [0.25, 0.3) is 0 Å². The molecule has 2 aliphatic heterocycles. The van der Waals surface area contributed by atoms with Gasteiger partial charge in [-0.25, -0.2) is 0 Å². The molecule has 1 aromatic carbocycles. The number of nitrogens with zero attached hydrogens (tertiary/aromatic N) is 3. The molecule has 0 radical (unpaired) electrons. The lowest BCUT2D eigenvalue weighted by Gasteiger charge is -2.31. The van der Waals surface area contributed by atoms with E-state index in [9.17, 15) is 0 Å².